The first-order chi connectivity index (χ1) is 9.60. The average Bonchev–Trinajstić information content (AvgIpc) is 2.81. The van der Waals surface area contributed by atoms with E-state index < -0.39 is 0 Å². The van der Waals surface area contributed by atoms with Gasteiger partial charge in [-0.25, -0.2) is 0 Å². The van der Waals surface area contributed by atoms with Crippen LogP contribution in [-0.2, 0) is 0 Å². The van der Waals surface area contributed by atoms with Crippen LogP contribution < -0.4 is 15.8 Å². The van der Waals surface area contributed by atoms with Gasteiger partial charge < -0.3 is 15.8 Å². The van der Waals surface area contributed by atoms with Crippen molar-refractivity contribution in [3.63, 3.8) is 0 Å². The molecule has 3 N–H and O–H groups in total. The Bertz CT molecular complexity index is 436. The van der Waals surface area contributed by atoms with Crippen LogP contribution in [0.5, 0.6) is 5.75 Å². The minimum absolute atomic E-state index is 0.141. The molecule has 1 aromatic carbocycles. The maximum Gasteiger partial charge on any atom is 0.144 e. The summed E-state index contributed by atoms with van der Waals surface area (Å²) in [6.07, 6.45) is 4.03. The third kappa shape index (κ3) is 3.98. The maximum absolute atomic E-state index is 5.96. The first-order valence-corrected chi connectivity index (χ1v) is 8.59. The number of rotatable bonds is 6. The molecule has 0 radical (unpaired) electrons. The molecule has 2 rings (SSSR count). The predicted molar refractivity (Wildman–Crippen MR) is 89.8 cm³/mol. The number of benzene rings is 1. The Morgan fingerprint density at radius 1 is 1.40 bits per heavy atom. The fourth-order valence-electron chi connectivity index (χ4n) is 2.70. The molecular weight excluding hydrogens is 268 g/mol. The van der Waals surface area contributed by atoms with E-state index in [0.717, 1.165) is 16.7 Å². The predicted octanol–water partition coefficient (Wildman–Crippen LogP) is 4.14. The molecule has 1 fully saturated rings. The van der Waals surface area contributed by atoms with Gasteiger partial charge in [-0.3, -0.25) is 0 Å². The van der Waals surface area contributed by atoms with Crippen molar-refractivity contribution in [1.82, 2.24) is 0 Å². The van der Waals surface area contributed by atoms with Gasteiger partial charge in [0, 0.05) is 23.0 Å². The molecule has 0 spiro atoms. The second-order valence-corrected chi connectivity index (χ2v) is 7.11. The van der Waals surface area contributed by atoms with Gasteiger partial charge in [-0.2, -0.15) is 11.8 Å². The van der Waals surface area contributed by atoms with Gasteiger partial charge in [0.15, 0.2) is 0 Å². The van der Waals surface area contributed by atoms with Crippen LogP contribution >= 0.6 is 11.8 Å². The van der Waals surface area contributed by atoms with Crippen molar-refractivity contribution in [2.75, 3.05) is 16.8 Å². The molecule has 0 aliphatic heterocycles. The van der Waals surface area contributed by atoms with Gasteiger partial charge >= 0.3 is 0 Å². The zero-order valence-electron chi connectivity index (χ0n) is 12.7. The van der Waals surface area contributed by atoms with E-state index in [9.17, 15) is 0 Å². The molecule has 2 atom stereocenters. The number of ether oxygens (including phenoxy) is 1. The van der Waals surface area contributed by atoms with Crippen LogP contribution in [0.1, 0.15) is 40.0 Å². The van der Waals surface area contributed by atoms with Gasteiger partial charge in [-0.05, 0) is 44.6 Å². The molecule has 1 saturated carbocycles. The molecule has 0 aromatic heterocycles. The van der Waals surface area contributed by atoms with E-state index >= 15 is 0 Å². The molecule has 2 unspecified atom stereocenters. The first-order valence-electron chi connectivity index (χ1n) is 7.54. The zero-order valence-corrected chi connectivity index (χ0v) is 13.5. The van der Waals surface area contributed by atoms with E-state index in [2.05, 4.69) is 30.1 Å². The summed E-state index contributed by atoms with van der Waals surface area (Å²) in [6.45, 7) is 6.27. The van der Waals surface area contributed by atoms with E-state index in [1.54, 1.807) is 0 Å². The molecule has 1 aliphatic rings. The second-order valence-electron chi connectivity index (χ2n) is 5.59. The lowest BCUT2D eigenvalue weighted by molar-refractivity contribution is 0.244. The summed E-state index contributed by atoms with van der Waals surface area (Å²) in [5.74, 6) is 1.97. The molecule has 4 heteroatoms. The van der Waals surface area contributed by atoms with E-state index in [4.69, 9.17) is 10.5 Å². The zero-order chi connectivity index (χ0) is 14.5. The SMILES string of the molecule is CCSC1CCCC1Nc1ccc(N)c(OC(C)C)c1. The number of hydrogen-bond donors (Lipinski definition) is 2. The van der Waals surface area contributed by atoms with Crippen molar-refractivity contribution >= 4 is 23.1 Å². The van der Waals surface area contributed by atoms with Gasteiger partial charge in [-0.1, -0.05) is 13.3 Å². The number of anilines is 2. The van der Waals surface area contributed by atoms with Crippen LogP contribution in [0.2, 0.25) is 0 Å². The summed E-state index contributed by atoms with van der Waals surface area (Å²) in [5, 5.41) is 4.39. The van der Waals surface area contributed by atoms with Crippen molar-refractivity contribution in [1.29, 1.82) is 0 Å². The van der Waals surface area contributed by atoms with Crippen LogP contribution in [0.3, 0.4) is 0 Å². The molecule has 0 amide bonds. The van der Waals surface area contributed by atoms with Crippen LogP contribution in [0.4, 0.5) is 11.4 Å². The minimum Gasteiger partial charge on any atom is -0.489 e. The van der Waals surface area contributed by atoms with Crippen molar-refractivity contribution < 1.29 is 4.74 Å². The molecule has 112 valence electrons. The highest BCUT2D eigenvalue weighted by Crippen LogP contribution is 2.33. The summed E-state index contributed by atoms with van der Waals surface area (Å²) in [4.78, 5) is 0. The summed E-state index contributed by atoms with van der Waals surface area (Å²) < 4.78 is 5.75. The van der Waals surface area contributed by atoms with E-state index in [1.807, 2.05) is 26.0 Å². The van der Waals surface area contributed by atoms with Gasteiger partial charge in [0.1, 0.15) is 5.75 Å². The monoisotopic (exact) mass is 294 g/mol. The van der Waals surface area contributed by atoms with Crippen LogP contribution in [0.25, 0.3) is 0 Å². The third-order valence-electron chi connectivity index (χ3n) is 3.56. The molecule has 0 bridgehead atoms. The van der Waals surface area contributed by atoms with E-state index in [1.165, 1.54) is 25.0 Å². The Kier molecular flexibility index (Phi) is 5.46. The quantitative estimate of drug-likeness (QED) is 0.774. The standard InChI is InChI=1S/C16H26N2OS/c1-4-20-16-7-5-6-14(16)18-12-8-9-13(17)15(10-12)19-11(2)3/h8-11,14,16,18H,4-7,17H2,1-3H3. The van der Waals surface area contributed by atoms with Crippen LogP contribution in [0.15, 0.2) is 18.2 Å². The fourth-order valence-corrected chi connectivity index (χ4v) is 3.90. The van der Waals surface area contributed by atoms with E-state index in [0.29, 0.717) is 11.7 Å². The number of nitrogen functional groups attached to an aromatic ring is 1. The lowest BCUT2D eigenvalue weighted by Gasteiger charge is -2.22. The molecule has 1 aromatic rings. The third-order valence-corrected chi connectivity index (χ3v) is 4.89. The number of hydrogen-bond acceptors (Lipinski definition) is 4. The molecule has 0 saturated heterocycles. The average molecular weight is 294 g/mol. The Hall–Kier alpha value is -1.03. The number of thioether (sulfide) groups is 1. The van der Waals surface area contributed by atoms with Crippen molar-refractivity contribution in [3.8, 4) is 5.75 Å². The summed E-state index contributed by atoms with van der Waals surface area (Å²) in [6, 6.07) is 6.57. The Morgan fingerprint density at radius 2 is 2.20 bits per heavy atom. The largest absolute Gasteiger partial charge is 0.489 e. The second kappa shape index (κ2) is 7.11. The topological polar surface area (TPSA) is 47.3 Å². The summed E-state index contributed by atoms with van der Waals surface area (Å²) in [7, 11) is 0. The van der Waals surface area contributed by atoms with Gasteiger partial charge in [-0.15, -0.1) is 0 Å². The first kappa shape index (κ1) is 15.4. The number of nitrogens with one attached hydrogen (secondary N) is 1. The van der Waals surface area contributed by atoms with Crippen molar-refractivity contribution in [2.45, 2.75) is 57.4 Å². The molecular formula is C16H26N2OS. The van der Waals surface area contributed by atoms with Crippen molar-refractivity contribution in [2.24, 2.45) is 0 Å². The highest BCUT2D eigenvalue weighted by Gasteiger charge is 2.27. The highest BCUT2D eigenvalue weighted by atomic mass is 32.2. The Labute approximate surface area is 126 Å². The minimum atomic E-state index is 0.141. The maximum atomic E-state index is 5.96. The summed E-state index contributed by atoms with van der Waals surface area (Å²) >= 11 is 2.07. The normalized spacial score (nSPS) is 22.2. The van der Waals surface area contributed by atoms with E-state index in [-0.39, 0.29) is 6.10 Å². The smallest absolute Gasteiger partial charge is 0.144 e. The van der Waals surface area contributed by atoms with Crippen LogP contribution in [0, 0.1) is 0 Å². The molecule has 1 aliphatic carbocycles. The molecule has 3 nitrogen and oxygen atoms in total. The Morgan fingerprint density at radius 3 is 2.90 bits per heavy atom. The molecule has 20 heavy (non-hydrogen) atoms. The van der Waals surface area contributed by atoms with Gasteiger partial charge in [0.25, 0.3) is 0 Å². The van der Waals surface area contributed by atoms with Gasteiger partial charge in [0.05, 0.1) is 11.8 Å². The fraction of sp³-hybridized carbons (Fsp3) is 0.625. The Balaban J connectivity index is 2.05. The molecule has 0 heterocycles. The van der Waals surface area contributed by atoms with Gasteiger partial charge in [0.2, 0.25) is 0 Å². The number of nitrogens with two attached hydrogens (primary N) is 1. The highest BCUT2D eigenvalue weighted by molar-refractivity contribution is 7.99. The lowest BCUT2D eigenvalue weighted by atomic mass is 10.2. The lowest BCUT2D eigenvalue weighted by Crippen LogP contribution is -2.26. The van der Waals surface area contributed by atoms with Crippen LogP contribution in [-0.4, -0.2) is 23.1 Å². The van der Waals surface area contributed by atoms with Crippen molar-refractivity contribution in [3.05, 3.63) is 18.2 Å². The summed E-state index contributed by atoms with van der Waals surface area (Å²) in [5.41, 5.74) is 7.78.